The maximum Gasteiger partial charge on any atom is 0.220 e. The summed E-state index contributed by atoms with van der Waals surface area (Å²) in [6, 6.07) is 0. The molecule has 0 saturated carbocycles. The molecular weight excluding hydrogens is 166 g/mol. The fraction of sp³-hybridized carbons (Fsp3) is 0.900. The Labute approximate surface area is 79.8 Å². The molecule has 3 heteroatoms. The van der Waals surface area contributed by atoms with Gasteiger partial charge in [0.05, 0.1) is 6.10 Å². The van der Waals surface area contributed by atoms with Crippen molar-refractivity contribution in [1.29, 1.82) is 0 Å². The van der Waals surface area contributed by atoms with Gasteiger partial charge >= 0.3 is 0 Å². The van der Waals surface area contributed by atoms with Crippen LogP contribution < -0.4 is 5.32 Å². The molecule has 0 aromatic heterocycles. The normalized spacial score (nSPS) is 22.7. The molecule has 0 spiro atoms. The Morgan fingerprint density at radius 3 is 3.00 bits per heavy atom. The van der Waals surface area contributed by atoms with Crippen LogP contribution in [-0.2, 0) is 9.53 Å². The van der Waals surface area contributed by atoms with Gasteiger partial charge in [0.15, 0.2) is 0 Å². The van der Waals surface area contributed by atoms with Crippen molar-refractivity contribution in [3.63, 3.8) is 0 Å². The first kappa shape index (κ1) is 10.5. The molecule has 1 heterocycles. The highest BCUT2D eigenvalue weighted by Gasteiger charge is 2.13. The molecule has 1 unspecified atom stereocenters. The summed E-state index contributed by atoms with van der Waals surface area (Å²) in [6.45, 7) is 3.56. The van der Waals surface area contributed by atoms with Gasteiger partial charge in [-0.1, -0.05) is 6.92 Å². The lowest BCUT2D eigenvalue weighted by atomic mass is 10.1. The minimum Gasteiger partial charge on any atom is -0.376 e. The van der Waals surface area contributed by atoms with E-state index in [2.05, 4.69) is 5.32 Å². The van der Waals surface area contributed by atoms with E-state index in [9.17, 15) is 4.79 Å². The first-order valence-electron chi connectivity index (χ1n) is 5.21. The molecule has 1 rings (SSSR count). The third-order valence-electron chi connectivity index (χ3n) is 2.28. The van der Waals surface area contributed by atoms with Crippen molar-refractivity contribution >= 4 is 5.91 Å². The van der Waals surface area contributed by atoms with E-state index in [4.69, 9.17) is 4.74 Å². The lowest BCUT2D eigenvalue weighted by Gasteiger charge is -2.22. The summed E-state index contributed by atoms with van der Waals surface area (Å²) in [7, 11) is 0. The van der Waals surface area contributed by atoms with Gasteiger partial charge in [-0.3, -0.25) is 4.79 Å². The maximum atomic E-state index is 11.1. The van der Waals surface area contributed by atoms with Gasteiger partial charge in [0.1, 0.15) is 0 Å². The summed E-state index contributed by atoms with van der Waals surface area (Å²) >= 11 is 0. The van der Waals surface area contributed by atoms with Crippen molar-refractivity contribution in [2.45, 2.75) is 45.1 Å². The van der Waals surface area contributed by atoms with Gasteiger partial charge < -0.3 is 10.1 Å². The van der Waals surface area contributed by atoms with Gasteiger partial charge in [0.25, 0.3) is 0 Å². The zero-order valence-electron chi connectivity index (χ0n) is 8.34. The van der Waals surface area contributed by atoms with Gasteiger partial charge in [0, 0.05) is 19.6 Å². The molecule has 76 valence electrons. The molecule has 1 N–H and O–H groups in total. The Balaban J connectivity index is 2.06. The van der Waals surface area contributed by atoms with Crippen molar-refractivity contribution in [2.75, 3.05) is 13.2 Å². The zero-order chi connectivity index (χ0) is 9.52. The summed E-state index contributed by atoms with van der Waals surface area (Å²) < 4.78 is 5.49. The van der Waals surface area contributed by atoms with Crippen LogP contribution >= 0.6 is 0 Å². The van der Waals surface area contributed by atoms with Gasteiger partial charge in [-0.05, 0) is 25.7 Å². The molecule has 0 radical (unpaired) electrons. The fourth-order valence-corrected chi connectivity index (χ4v) is 1.51. The topological polar surface area (TPSA) is 38.3 Å². The number of rotatable bonds is 4. The molecule has 1 fully saturated rings. The Morgan fingerprint density at radius 2 is 2.38 bits per heavy atom. The molecule has 3 nitrogen and oxygen atoms in total. The van der Waals surface area contributed by atoms with Gasteiger partial charge in [-0.15, -0.1) is 0 Å². The Kier molecular flexibility index (Phi) is 4.83. The van der Waals surface area contributed by atoms with Crippen LogP contribution in [0.5, 0.6) is 0 Å². The molecule has 0 aliphatic carbocycles. The highest BCUT2D eigenvalue weighted by Crippen LogP contribution is 2.11. The Hall–Kier alpha value is -0.570. The van der Waals surface area contributed by atoms with Crippen LogP contribution in [0.4, 0.5) is 0 Å². The number of carbonyl (C=O) groups is 1. The minimum atomic E-state index is 0.150. The van der Waals surface area contributed by atoms with Crippen LogP contribution in [0.2, 0.25) is 0 Å². The van der Waals surface area contributed by atoms with Crippen molar-refractivity contribution in [3.05, 3.63) is 0 Å². The summed E-state index contributed by atoms with van der Waals surface area (Å²) in [5.41, 5.74) is 0. The van der Waals surface area contributed by atoms with Crippen LogP contribution in [0.15, 0.2) is 0 Å². The van der Waals surface area contributed by atoms with E-state index in [1.165, 1.54) is 12.8 Å². The molecule has 0 bridgehead atoms. The highest BCUT2D eigenvalue weighted by atomic mass is 16.5. The molecule has 1 atom stereocenters. The molecule has 1 aliphatic rings. The van der Waals surface area contributed by atoms with Gasteiger partial charge in [-0.2, -0.15) is 0 Å². The predicted octanol–water partition coefficient (Wildman–Crippen LogP) is 1.47. The van der Waals surface area contributed by atoms with Gasteiger partial charge in [0.2, 0.25) is 5.91 Å². The molecule has 13 heavy (non-hydrogen) atoms. The predicted molar refractivity (Wildman–Crippen MR) is 51.5 cm³/mol. The second kappa shape index (κ2) is 5.97. The van der Waals surface area contributed by atoms with E-state index in [1.807, 2.05) is 6.92 Å². The average molecular weight is 185 g/mol. The van der Waals surface area contributed by atoms with Crippen LogP contribution in [0.25, 0.3) is 0 Å². The number of nitrogens with one attached hydrogen (secondary N) is 1. The SMILES string of the molecule is CCCC(=O)NCC1CCCCO1. The van der Waals surface area contributed by atoms with E-state index in [-0.39, 0.29) is 12.0 Å². The van der Waals surface area contributed by atoms with Crippen molar-refractivity contribution in [2.24, 2.45) is 0 Å². The largest absolute Gasteiger partial charge is 0.376 e. The average Bonchev–Trinajstić information content (AvgIpc) is 2.17. The van der Waals surface area contributed by atoms with E-state index in [1.54, 1.807) is 0 Å². The Bertz CT molecular complexity index is 153. The third-order valence-corrected chi connectivity index (χ3v) is 2.28. The lowest BCUT2D eigenvalue weighted by Crippen LogP contribution is -2.35. The summed E-state index contributed by atoms with van der Waals surface area (Å²) in [5.74, 6) is 0.150. The minimum absolute atomic E-state index is 0.150. The van der Waals surface area contributed by atoms with E-state index >= 15 is 0 Å². The second-order valence-corrected chi connectivity index (χ2v) is 3.54. The van der Waals surface area contributed by atoms with Crippen LogP contribution in [0.1, 0.15) is 39.0 Å². The highest BCUT2D eigenvalue weighted by molar-refractivity contribution is 5.75. The van der Waals surface area contributed by atoms with Crippen LogP contribution in [-0.4, -0.2) is 25.2 Å². The molecule has 0 aromatic rings. The molecule has 1 amide bonds. The van der Waals surface area contributed by atoms with E-state index in [0.29, 0.717) is 13.0 Å². The summed E-state index contributed by atoms with van der Waals surface area (Å²) in [6.07, 6.45) is 5.29. The van der Waals surface area contributed by atoms with E-state index < -0.39 is 0 Å². The monoisotopic (exact) mass is 185 g/mol. The molecule has 1 aliphatic heterocycles. The van der Waals surface area contributed by atoms with Crippen molar-refractivity contribution in [3.8, 4) is 0 Å². The first-order valence-corrected chi connectivity index (χ1v) is 5.21. The number of hydrogen-bond acceptors (Lipinski definition) is 2. The number of hydrogen-bond donors (Lipinski definition) is 1. The second-order valence-electron chi connectivity index (χ2n) is 3.54. The smallest absolute Gasteiger partial charge is 0.220 e. The summed E-state index contributed by atoms with van der Waals surface area (Å²) in [4.78, 5) is 11.1. The van der Waals surface area contributed by atoms with Gasteiger partial charge in [-0.25, -0.2) is 0 Å². The third kappa shape index (κ3) is 4.27. The standard InChI is InChI=1S/C10H19NO2/c1-2-5-10(12)11-8-9-6-3-4-7-13-9/h9H,2-8H2,1H3,(H,11,12). The lowest BCUT2D eigenvalue weighted by molar-refractivity contribution is -0.122. The Morgan fingerprint density at radius 1 is 1.54 bits per heavy atom. The summed E-state index contributed by atoms with van der Waals surface area (Å²) in [5, 5.41) is 2.89. The number of amides is 1. The fourth-order valence-electron chi connectivity index (χ4n) is 1.51. The molecule has 1 saturated heterocycles. The maximum absolute atomic E-state index is 11.1. The van der Waals surface area contributed by atoms with Crippen LogP contribution in [0.3, 0.4) is 0 Å². The van der Waals surface area contributed by atoms with Crippen molar-refractivity contribution < 1.29 is 9.53 Å². The first-order chi connectivity index (χ1) is 6.33. The molecule has 0 aromatic carbocycles. The van der Waals surface area contributed by atoms with Crippen LogP contribution in [0, 0.1) is 0 Å². The zero-order valence-corrected chi connectivity index (χ0v) is 8.34. The number of ether oxygens (including phenoxy) is 1. The van der Waals surface area contributed by atoms with Crippen molar-refractivity contribution in [1.82, 2.24) is 5.32 Å². The number of carbonyl (C=O) groups excluding carboxylic acids is 1. The van der Waals surface area contributed by atoms with E-state index in [0.717, 1.165) is 19.4 Å². The quantitative estimate of drug-likeness (QED) is 0.720. The molecular formula is C10H19NO2.